The molecule has 0 aromatic rings. The molecule has 3 heteroatoms. The Labute approximate surface area is 92.7 Å². The molecule has 15 heavy (non-hydrogen) atoms. The van der Waals surface area contributed by atoms with E-state index >= 15 is 0 Å². The average molecular weight is 213 g/mol. The van der Waals surface area contributed by atoms with Crippen LogP contribution in [0.3, 0.4) is 0 Å². The Balaban J connectivity index is 1.80. The third kappa shape index (κ3) is 2.35. The molecular weight excluding hydrogens is 190 g/mol. The highest BCUT2D eigenvalue weighted by Gasteiger charge is 2.37. The van der Waals surface area contributed by atoms with Crippen molar-refractivity contribution in [1.82, 2.24) is 4.90 Å². The zero-order chi connectivity index (χ0) is 10.8. The van der Waals surface area contributed by atoms with Crippen molar-refractivity contribution in [1.29, 1.82) is 0 Å². The first-order chi connectivity index (χ1) is 7.24. The van der Waals surface area contributed by atoms with Crippen LogP contribution in [0.1, 0.15) is 26.2 Å². The van der Waals surface area contributed by atoms with Crippen molar-refractivity contribution in [2.45, 2.75) is 44.4 Å². The third-order valence-corrected chi connectivity index (χ3v) is 4.14. The van der Waals surface area contributed by atoms with E-state index in [0.717, 1.165) is 12.6 Å². The van der Waals surface area contributed by atoms with Crippen LogP contribution >= 0.6 is 0 Å². The topological polar surface area (TPSA) is 21.7 Å². The number of rotatable bonds is 3. The van der Waals surface area contributed by atoms with Crippen molar-refractivity contribution < 1.29 is 9.47 Å². The van der Waals surface area contributed by atoms with Gasteiger partial charge in [0, 0.05) is 26.8 Å². The maximum atomic E-state index is 5.53. The highest BCUT2D eigenvalue weighted by atomic mass is 16.5. The first kappa shape index (κ1) is 11.4. The van der Waals surface area contributed by atoms with Gasteiger partial charge >= 0.3 is 0 Å². The molecule has 2 atom stereocenters. The Morgan fingerprint density at radius 1 is 1.13 bits per heavy atom. The fourth-order valence-corrected chi connectivity index (χ4v) is 2.72. The number of hydrogen-bond donors (Lipinski definition) is 0. The lowest BCUT2D eigenvalue weighted by Gasteiger charge is -2.46. The molecule has 1 aliphatic heterocycles. The molecule has 1 heterocycles. The van der Waals surface area contributed by atoms with Gasteiger partial charge in [0.2, 0.25) is 0 Å². The van der Waals surface area contributed by atoms with E-state index in [2.05, 4.69) is 11.8 Å². The first-order valence-corrected chi connectivity index (χ1v) is 6.04. The third-order valence-electron chi connectivity index (χ3n) is 4.14. The molecule has 3 nitrogen and oxygen atoms in total. The summed E-state index contributed by atoms with van der Waals surface area (Å²) in [4.78, 5) is 2.59. The highest BCUT2D eigenvalue weighted by molar-refractivity contribution is 4.91. The Morgan fingerprint density at radius 2 is 1.87 bits per heavy atom. The summed E-state index contributed by atoms with van der Waals surface area (Å²) in [5.74, 6) is 0.713. The lowest BCUT2D eigenvalue weighted by Crippen LogP contribution is -2.54. The summed E-state index contributed by atoms with van der Waals surface area (Å²) in [5.41, 5.74) is 0. The second-order valence-corrected chi connectivity index (χ2v) is 5.02. The average Bonchev–Trinajstić information content (AvgIpc) is 2.19. The zero-order valence-electron chi connectivity index (χ0n) is 10.1. The molecule has 1 saturated heterocycles. The Kier molecular flexibility index (Phi) is 3.65. The zero-order valence-corrected chi connectivity index (χ0v) is 10.1. The van der Waals surface area contributed by atoms with Gasteiger partial charge in [-0.2, -0.15) is 0 Å². The molecule has 0 aromatic heterocycles. The summed E-state index contributed by atoms with van der Waals surface area (Å²) >= 11 is 0. The van der Waals surface area contributed by atoms with Crippen molar-refractivity contribution >= 4 is 0 Å². The second-order valence-electron chi connectivity index (χ2n) is 5.02. The molecule has 0 spiro atoms. The fourth-order valence-electron chi connectivity index (χ4n) is 2.72. The summed E-state index contributed by atoms with van der Waals surface area (Å²) in [6, 6.07) is 0.750. The molecule has 88 valence electrons. The van der Waals surface area contributed by atoms with Gasteiger partial charge in [0.25, 0.3) is 0 Å². The fraction of sp³-hybridized carbons (Fsp3) is 1.00. The number of hydrogen-bond acceptors (Lipinski definition) is 3. The number of ether oxygens (including phenoxy) is 2. The van der Waals surface area contributed by atoms with Crippen LogP contribution in [-0.4, -0.2) is 50.5 Å². The Morgan fingerprint density at radius 3 is 2.47 bits per heavy atom. The SMILES string of the molecule is CO[C@@H]1CN([C@H]2C[C@H](OC)C2)CC[C@@H]1C. The minimum Gasteiger partial charge on any atom is -0.381 e. The van der Waals surface area contributed by atoms with Crippen molar-refractivity contribution in [3.63, 3.8) is 0 Å². The highest BCUT2D eigenvalue weighted by Crippen LogP contribution is 2.31. The maximum absolute atomic E-state index is 5.53. The van der Waals surface area contributed by atoms with Crippen LogP contribution < -0.4 is 0 Å². The van der Waals surface area contributed by atoms with E-state index < -0.39 is 0 Å². The number of piperidine rings is 1. The molecule has 0 N–H and O–H groups in total. The molecule has 0 aromatic carbocycles. The van der Waals surface area contributed by atoms with Crippen molar-refractivity contribution in [2.24, 2.45) is 5.92 Å². The van der Waals surface area contributed by atoms with Crippen LogP contribution in [0.5, 0.6) is 0 Å². The number of likely N-dealkylation sites (tertiary alicyclic amines) is 1. The summed E-state index contributed by atoms with van der Waals surface area (Å²) in [6.07, 6.45) is 4.63. The van der Waals surface area contributed by atoms with Crippen molar-refractivity contribution in [2.75, 3.05) is 27.3 Å². The van der Waals surface area contributed by atoms with Gasteiger partial charge in [-0.25, -0.2) is 0 Å². The largest absolute Gasteiger partial charge is 0.381 e. The molecule has 2 fully saturated rings. The molecule has 0 radical (unpaired) electrons. The van der Waals surface area contributed by atoms with E-state index in [1.165, 1.54) is 25.8 Å². The van der Waals surface area contributed by atoms with Crippen LogP contribution in [0.4, 0.5) is 0 Å². The van der Waals surface area contributed by atoms with Gasteiger partial charge in [0.05, 0.1) is 12.2 Å². The van der Waals surface area contributed by atoms with E-state index in [9.17, 15) is 0 Å². The molecular formula is C12H23NO2. The summed E-state index contributed by atoms with van der Waals surface area (Å²) in [7, 11) is 3.65. The molecule has 2 aliphatic rings. The smallest absolute Gasteiger partial charge is 0.0724 e. The van der Waals surface area contributed by atoms with Crippen LogP contribution in [0.2, 0.25) is 0 Å². The van der Waals surface area contributed by atoms with Gasteiger partial charge in [-0.3, -0.25) is 4.90 Å². The standard InChI is InChI=1S/C12H23NO2/c1-9-4-5-13(8-12(9)15-3)10-6-11(7-10)14-2/h9-12H,4-8H2,1-3H3/t9-,10-,11-,12+/m0/s1. The molecule has 0 bridgehead atoms. The summed E-state index contributed by atoms with van der Waals surface area (Å²) < 4.78 is 10.9. The minimum absolute atomic E-state index is 0.431. The first-order valence-electron chi connectivity index (χ1n) is 6.04. The lowest BCUT2D eigenvalue weighted by molar-refractivity contribution is -0.0710. The minimum atomic E-state index is 0.431. The van der Waals surface area contributed by atoms with E-state index in [-0.39, 0.29) is 0 Å². The van der Waals surface area contributed by atoms with Crippen LogP contribution in [0, 0.1) is 5.92 Å². The predicted molar refractivity (Wildman–Crippen MR) is 60.0 cm³/mol. The summed E-state index contributed by atoms with van der Waals surface area (Å²) in [6.45, 7) is 4.64. The van der Waals surface area contributed by atoms with Gasteiger partial charge in [-0.05, 0) is 31.7 Å². The molecule has 0 amide bonds. The van der Waals surface area contributed by atoms with E-state index in [1.807, 2.05) is 14.2 Å². The van der Waals surface area contributed by atoms with Crippen LogP contribution in [-0.2, 0) is 9.47 Å². The molecule has 1 saturated carbocycles. The number of methoxy groups -OCH3 is 2. The second kappa shape index (κ2) is 4.81. The Bertz CT molecular complexity index is 204. The van der Waals surface area contributed by atoms with Gasteiger partial charge in [0.15, 0.2) is 0 Å². The van der Waals surface area contributed by atoms with E-state index in [4.69, 9.17) is 9.47 Å². The molecule has 0 unspecified atom stereocenters. The van der Waals surface area contributed by atoms with Crippen molar-refractivity contribution in [3.05, 3.63) is 0 Å². The molecule has 2 rings (SSSR count). The Hall–Kier alpha value is -0.120. The quantitative estimate of drug-likeness (QED) is 0.709. The van der Waals surface area contributed by atoms with E-state index in [1.54, 1.807) is 0 Å². The van der Waals surface area contributed by atoms with Gasteiger partial charge in [-0.1, -0.05) is 6.92 Å². The number of nitrogens with zero attached hydrogens (tertiary/aromatic N) is 1. The monoisotopic (exact) mass is 213 g/mol. The van der Waals surface area contributed by atoms with Crippen LogP contribution in [0.25, 0.3) is 0 Å². The van der Waals surface area contributed by atoms with Crippen LogP contribution in [0.15, 0.2) is 0 Å². The van der Waals surface area contributed by atoms with Gasteiger partial charge in [0.1, 0.15) is 0 Å². The van der Waals surface area contributed by atoms with Crippen molar-refractivity contribution in [3.8, 4) is 0 Å². The van der Waals surface area contributed by atoms with Gasteiger partial charge in [-0.15, -0.1) is 0 Å². The maximum Gasteiger partial charge on any atom is 0.0724 e. The van der Waals surface area contributed by atoms with Gasteiger partial charge < -0.3 is 9.47 Å². The van der Waals surface area contributed by atoms with E-state index in [0.29, 0.717) is 18.1 Å². The normalized spacial score (nSPS) is 42.6. The molecule has 1 aliphatic carbocycles. The lowest BCUT2D eigenvalue weighted by atomic mass is 9.85. The summed E-state index contributed by atoms with van der Waals surface area (Å²) in [5, 5.41) is 0. The predicted octanol–water partition coefficient (Wildman–Crippen LogP) is 1.52.